The van der Waals surface area contributed by atoms with Crippen LogP contribution in [-0.2, 0) is 0 Å². The van der Waals surface area contributed by atoms with Crippen molar-refractivity contribution in [3.8, 4) is 0 Å². The van der Waals surface area contributed by atoms with Crippen LogP contribution >= 0.6 is 11.6 Å². The van der Waals surface area contributed by atoms with E-state index in [0.29, 0.717) is 18.1 Å². The van der Waals surface area contributed by atoms with Gasteiger partial charge < -0.3 is 11.1 Å². The van der Waals surface area contributed by atoms with Crippen molar-refractivity contribution >= 4 is 17.5 Å². The van der Waals surface area contributed by atoms with E-state index in [1.165, 1.54) is 18.2 Å². The number of carbonyl (C=O) groups excluding carboxylic acids is 1. The molecule has 0 atom stereocenters. The highest BCUT2D eigenvalue weighted by Crippen LogP contribution is 2.14. The topological polar surface area (TPSA) is 55.1 Å². The van der Waals surface area contributed by atoms with Crippen LogP contribution in [0.2, 0.25) is 5.02 Å². The summed E-state index contributed by atoms with van der Waals surface area (Å²) in [7, 11) is 0. The number of rotatable bonds is 5. The van der Waals surface area contributed by atoms with E-state index < -0.39 is 11.7 Å². The van der Waals surface area contributed by atoms with Crippen LogP contribution in [0, 0.1) is 5.82 Å². The van der Waals surface area contributed by atoms with Gasteiger partial charge in [0.2, 0.25) is 0 Å². The van der Waals surface area contributed by atoms with E-state index in [9.17, 15) is 9.18 Å². The number of nitrogens with two attached hydrogens (primary N) is 1. The van der Waals surface area contributed by atoms with Gasteiger partial charge in [0.15, 0.2) is 0 Å². The molecule has 16 heavy (non-hydrogen) atoms. The summed E-state index contributed by atoms with van der Waals surface area (Å²) in [5.41, 5.74) is 5.28. The van der Waals surface area contributed by atoms with Gasteiger partial charge in [-0.25, -0.2) is 4.39 Å². The fourth-order valence-corrected chi connectivity index (χ4v) is 1.41. The van der Waals surface area contributed by atoms with Crippen LogP contribution in [0.1, 0.15) is 23.2 Å². The van der Waals surface area contributed by atoms with E-state index in [4.69, 9.17) is 17.3 Å². The first-order valence-corrected chi connectivity index (χ1v) is 5.46. The molecule has 0 saturated heterocycles. The van der Waals surface area contributed by atoms with Crippen molar-refractivity contribution in [1.29, 1.82) is 0 Å². The van der Waals surface area contributed by atoms with Crippen LogP contribution in [0.15, 0.2) is 18.2 Å². The Morgan fingerprint density at radius 3 is 2.88 bits per heavy atom. The predicted octanol–water partition coefficient (Wildman–Crippen LogP) is 1.95. The van der Waals surface area contributed by atoms with E-state index in [2.05, 4.69) is 5.32 Å². The van der Waals surface area contributed by atoms with Crippen molar-refractivity contribution in [1.82, 2.24) is 5.32 Å². The van der Waals surface area contributed by atoms with Gasteiger partial charge in [-0.2, -0.15) is 0 Å². The Kier molecular flexibility index (Phi) is 5.22. The summed E-state index contributed by atoms with van der Waals surface area (Å²) >= 11 is 5.68. The Labute approximate surface area is 98.8 Å². The number of nitrogens with one attached hydrogen (secondary N) is 1. The molecule has 0 aliphatic heterocycles. The fourth-order valence-electron chi connectivity index (χ4n) is 1.24. The van der Waals surface area contributed by atoms with Crippen molar-refractivity contribution in [2.24, 2.45) is 5.73 Å². The second kappa shape index (κ2) is 6.45. The molecule has 3 nitrogen and oxygen atoms in total. The van der Waals surface area contributed by atoms with Gasteiger partial charge in [0, 0.05) is 11.6 Å². The number of carbonyl (C=O) groups is 1. The third-order valence-corrected chi connectivity index (χ3v) is 2.32. The maximum Gasteiger partial charge on any atom is 0.254 e. The molecule has 0 bridgehead atoms. The summed E-state index contributed by atoms with van der Waals surface area (Å²) in [5.74, 6) is -1.02. The van der Waals surface area contributed by atoms with Crippen LogP contribution < -0.4 is 11.1 Å². The van der Waals surface area contributed by atoms with Gasteiger partial charge in [-0.3, -0.25) is 4.79 Å². The second-order valence-electron chi connectivity index (χ2n) is 3.38. The third-order valence-electron chi connectivity index (χ3n) is 2.09. The maximum absolute atomic E-state index is 13.3. The quantitative estimate of drug-likeness (QED) is 0.778. The molecule has 0 radical (unpaired) electrons. The molecule has 0 saturated carbocycles. The molecule has 1 aromatic carbocycles. The van der Waals surface area contributed by atoms with Gasteiger partial charge in [-0.15, -0.1) is 0 Å². The molecule has 0 unspecified atom stereocenters. The Bertz CT molecular complexity index is 371. The van der Waals surface area contributed by atoms with E-state index in [0.717, 1.165) is 12.8 Å². The molecule has 0 aromatic heterocycles. The lowest BCUT2D eigenvalue weighted by Crippen LogP contribution is -2.25. The van der Waals surface area contributed by atoms with Crippen molar-refractivity contribution in [2.45, 2.75) is 12.8 Å². The van der Waals surface area contributed by atoms with Crippen LogP contribution in [0.5, 0.6) is 0 Å². The van der Waals surface area contributed by atoms with Gasteiger partial charge in [0.1, 0.15) is 5.82 Å². The molecular formula is C11H14ClFN2O. The monoisotopic (exact) mass is 244 g/mol. The number of hydrogen-bond acceptors (Lipinski definition) is 2. The van der Waals surface area contributed by atoms with Crippen LogP contribution in [0.25, 0.3) is 0 Å². The average Bonchev–Trinajstić information content (AvgIpc) is 2.27. The largest absolute Gasteiger partial charge is 0.352 e. The van der Waals surface area contributed by atoms with Crippen LogP contribution in [-0.4, -0.2) is 19.0 Å². The van der Waals surface area contributed by atoms with Gasteiger partial charge in [0.05, 0.1) is 5.56 Å². The lowest BCUT2D eigenvalue weighted by atomic mass is 10.2. The van der Waals surface area contributed by atoms with Crippen molar-refractivity contribution in [3.05, 3.63) is 34.6 Å². The smallest absolute Gasteiger partial charge is 0.254 e. The normalized spacial score (nSPS) is 10.2. The highest BCUT2D eigenvalue weighted by Gasteiger charge is 2.11. The highest BCUT2D eigenvalue weighted by molar-refractivity contribution is 6.30. The number of unbranched alkanes of at least 4 members (excludes halogenated alkanes) is 1. The third kappa shape index (κ3) is 3.79. The summed E-state index contributed by atoms with van der Waals surface area (Å²) in [6.45, 7) is 1.07. The Hall–Kier alpha value is -1.13. The lowest BCUT2D eigenvalue weighted by Gasteiger charge is -2.05. The molecule has 1 rings (SSSR count). The van der Waals surface area contributed by atoms with Crippen molar-refractivity contribution in [2.75, 3.05) is 13.1 Å². The summed E-state index contributed by atoms with van der Waals surface area (Å²) in [6.07, 6.45) is 1.61. The zero-order valence-electron chi connectivity index (χ0n) is 8.80. The molecule has 88 valence electrons. The predicted molar refractivity (Wildman–Crippen MR) is 62.0 cm³/mol. The van der Waals surface area contributed by atoms with Gasteiger partial charge in [-0.1, -0.05) is 11.6 Å². The average molecular weight is 245 g/mol. The van der Waals surface area contributed by atoms with Gasteiger partial charge in [-0.05, 0) is 37.6 Å². The van der Waals surface area contributed by atoms with Gasteiger partial charge in [0.25, 0.3) is 5.91 Å². The molecule has 5 heteroatoms. The van der Waals surface area contributed by atoms with E-state index in [-0.39, 0.29) is 5.56 Å². The SMILES string of the molecule is NCCCCNC(=O)c1cc(Cl)ccc1F. The van der Waals surface area contributed by atoms with E-state index in [1.807, 2.05) is 0 Å². The second-order valence-corrected chi connectivity index (χ2v) is 3.81. The minimum absolute atomic E-state index is 0.0275. The first kappa shape index (κ1) is 12.9. The summed E-state index contributed by atoms with van der Waals surface area (Å²) < 4.78 is 13.3. The lowest BCUT2D eigenvalue weighted by molar-refractivity contribution is 0.0949. The zero-order chi connectivity index (χ0) is 12.0. The molecule has 0 aliphatic rings. The molecule has 1 amide bonds. The molecule has 0 fully saturated rings. The number of halogens is 2. The highest BCUT2D eigenvalue weighted by atomic mass is 35.5. The van der Waals surface area contributed by atoms with Crippen LogP contribution in [0.4, 0.5) is 4.39 Å². The molecule has 0 heterocycles. The Balaban J connectivity index is 2.55. The zero-order valence-corrected chi connectivity index (χ0v) is 9.56. The van der Waals surface area contributed by atoms with Crippen molar-refractivity contribution < 1.29 is 9.18 Å². The molecule has 3 N–H and O–H groups in total. The number of benzene rings is 1. The molecular weight excluding hydrogens is 231 g/mol. The fraction of sp³-hybridized carbons (Fsp3) is 0.364. The summed E-state index contributed by atoms with van der Waals surface area (Å²) in [5, 5.41) is 2.95. The minimum Gasteiger partial charge on any atom is -0.352 e. The number of amides is 1. The maximum atomic E-state index is 13.3. The van der Waals surface area contributed by atoms with Crippen molar-refractivity contribution in [3.63, 3.8) is 0 Å². The van der Waals surface area contributed by atoms with E-state index >= 15 is 0 Å². The first-order chi connectivity index (χ1) is 7.65. The van der Waals surface area contributed by atoms with Crippen LogP contribution in [0.3, 0.4) is 0 Å². The Morgan fingerprint density at radius 1 is 1.44 bits per heavy atom. The van der Waals surface area contributed by atoms with E-state index in [1.54, 1.807) is 0 Å². The standard InChI is InChI=1S/C11H14ClFN2O/c12-8-3-4-10(13)9(7-8)11(16)15-6-2-1-5-14/h3-4,7H,1-2,5-6,14H2,(H,15,16). The summed E-state index contributed by atoms with van der Waals surface area (Å²) in [4.78, 5) is 11.5. The summed E-state index contributed by atoms with van der Waals surface area (Å²) in [6, 6.07) is 3.90. The molecule has 0 aliphatic carbocycles. The molecule has 1 aromatic rings. The molecule has 0 spiro atoms. The minimum atomic E-state index is -0.569. The Morgan fingerprint density at radius 2 is 2.19 bits per heavy atom. The number of hydrogen-bond donors (Lipinski definition) is 2. The first-order valence-electron chi connectivity index (χ1n) is 5.08. The van der Waals surface area contributed by atoms with Gasteiger partial charge >= 0.3 is 0 Å².